The summed E-state index contributed by atoms with van der Waals surface area (Å²) in [5.41, 5.74) is 2.19. The fourth-order valence-electron chi connectivity index (χ4n) is 3.62. The van der Waals surface area contributed by atoms with Crippen LogP contribution in [0.25, 0.3) is 0 Å². The molecule has 0 N–H and O–H groups in total. The van der Waals surface area contributed by atoms with Gasteiger partial charge in [-0.25, -0.2) is 0 Å². The minimum atomic E-state index is -0.127. The number of carbonyl (C=O) groups excluding carboxylic acids is 2. The fraction of sp³-hybridized carbons (Fsp3) is 0.474. The number of hydrogen-bond acceptors (Lipinski definition) is 4. The normalized spacial score (nSPS) is 19.1. The van der Waals surface area contributed by atoms with Gasteiger partial charge in [0.15, 0.2) is 11.5 Å². The molecule has 2 aliphatic heterocycles. The van der Waals surface area contributed by atoms with Gasteiger partial charge in [-0.3, -0.25) is 9.59 Å². The van der Waals surface area contributed by atoms with Crippen LogP contribution < -0.4 is 9.47 Å². The molecular weight excluding hydrogens is 320 g/mol. The Morgan fingerprint density at radius 2 is 2.04 bits per heavy atom. The molecular formula is C19H24N2O4. The Bertz CT molecular complexity index is 701. The van der Waals surface area contributed by atoms with E-state index in [2.05, 4.69) is 6.58 Å². The topological polar surface area (TPSA) is 59.1 Å². The molecule has 1 aromatic carbocycles. The largest absolute Gasteiger partial charge is 0.493 e. The first-order chi connectivity index (χ1) is 12.1. The van der Waals surface area contributed by atoms with Crippen molar-refractivity contribution >= 4 is 11.8 Å². The monoisotopic (exact) mass is 344 g/mol. The van der Waals surface area contributed by atoms with Crippen LogP contribution in [0.3, 0.4) is 0 Å². The van der Waals surface area contributed by atoms with Crippen molar-refractivity contribution in [2.24, 2.45) is 0 Å². The molecule has 3 rings (SSSR count). The summed E-state index contributed by atoms with van der Waals surface area (Å²) < 4.78 is 10.8. The number of carbonyl (C=O) groups is 2. The van der Waals surface area contributed by atoms with Gasteiger partial charge in [0, 0.05) is 19.5 Å². The van der Waals surface area contributed by atoms with Gasteiger partial charge in [0.1, 0.15) is 0 Å². The van der Waals surface area contributed by atoms with Crippen LogP contribution >= 0.6 is 0 Å². The third kappa shape index (κ3) is 3.21. The number of methoxy groups -OCH3 is 2. The van der Waals surface area contributed by atoms with Crippen molar-refractivity contribution in [1.29, 1.82) is 0 Å². The van der Waals surface area contributed by atoms with Crippen molar-refractivity contribution in [2.45, 2.75) is 25.3 Å². The molecule has 1 aromatic rings. The van der Waals surface area contributed by atoms with Crippen LogP contribution in [-0.4, -0.2) is 55.5 Å². The lowest BCUT2D eigenvalue weighted by Gasteiger charge is -2.44. The second-order valence-corrected chi connectivity index (χ2v) is 6.36. The molecule has 0 aromatic heterocycles. The standard InChI is InChI=1S/C19H24N2O4/c1-4-5-6-18(22)20-11-15-14-10-17(25-3)16(24-2)9-13(14)7-8-21(15)19(23)12-20/h4,9-10,15H,1,5-8,11-12H2,2-3H3. The molecule has 0 spiro atoms. The predicted octanol–water partition coefficient (Wildman–Crippen LogP) is 1.94. The van der Waals surface area contributed by atoms with Crippen molar-refractivity contribution in [1.82, 2.24) is 9.80 Å². The first-order valence-electron chi connectivity index (χ1n) is 8.52. The highest BCUT2D eigenvalue weighted by Gasteiger charge is 2.38. The number of rotatable bonds is 5. The molecule has 0 bridgehead atoms. The molecule has 1 saturated heterocycles. The number of amides is 2. The predicted molar refractivity (Wildman–Crippen MR) is 93.7 cm³/mol. The van der Waals surface area contributed by atoms with Gasteiger partial charge in [-0.05, 0) is 36.1 Å². The third-order valence-electron chi connectivity index (χ3n) is 4.96. The summed E-state index contributed by atoms with van der Waals surface area (Å²) in [5.74, 6) is 1.34. The van der Waals surface area contributed by atoms with Crippen molar-refractivity contribution in [3.05, 3.63) is 35.9 Å². The number of benzene rings is 1. The van der Waals surface area contributed by atoms with Crippen molar-refractivity contribution in [2.75, 3.05) is 33.9 Å². The summed E-state index contributed by atoms with van der Waals surface area (Å²) in [4.78, 5) is 28.5. The van der Waals surface area contributed by atoms with Crippen LogP contribution in [0.5, 0.6) is 11.5 Å². The Morgan fingerprint density at radius 1 is 1.32 bits per heavy atom. The van der Waals surface area contributed by atoms with Crippen molar-refractivity contribution in [3.8, 4) is 11.5 Å². The molecule has 6 heteroatoms. The fourth-order valence-corrected chi connectivity index (χ4v) is 3.62. The Hall–Kier alpha value is -2.50. The van der Waals surface area contributed by atoms with Crippen LogP contribution in [0.1, 0.15) is 30.0 Å². The highest BCUT2D eigenvalue weighted by molar-refractivity contribution is 5.87. The molecule has 2 heterocycles. The Morgan fingerprint density at radius 3 is 2.72 bits per heavy atom. The quantitative estimate of drug-likeness (QED) is 0.766. The second-order valence-electron chi connectivity index (χ2n) is 6.36. The highest BCUT2D eigenvalue weighted by atomic mass is 16.5. The summed E-state index contributed by atoms with van der Waals surface area (Å²) in [5, 5.41) is 0. The lowest BCUT2D eigenvalue weighted by Crippen LogP contribution is -2.55. The van der Waals surface area contributed by atoms with Gasteiger partial charge in [0.05, 0.1) is 26.8 Å². The zero-order chi connectivity index (χ0) is 18.0. The van der Waals surface area contributed by atoms with Crippen LogP contribution in [0.4, 0.5) is 0 Å². The number of nitrogens with zero attached hydrogens (tertiary/aromatic N) is 2. The van der Waals surface area contributed by atoms with E-state index in [1.807, 2.05) is 17.0 Å². The van der Waals surface area contributed by atoms with Gasteiger partial charge in [0.25, 0.3) is 0 Å². The van der Waals surface area contributed by atoms with Gasteiger partial charge in [-0.15, -0.1) is 6.58 Å². The number of piperazine rings is 1. The van der Waals surface area contributed by atoms with E-state index in [9.17, 15) is 9.59 Å². The molecule has 25 heavy (non-hydrogen) atoms. The second kappa shape index (κ2) is 7.17. The smallest absolute Gasteiger partial charge is 0.242 e. The summed E-state index contributed by atoms with van der Waals surface area (Å²) in [6, 6.07) is 3.79. The summed E-state index contributed by atoms with van der Waals surface area (Å²) in [6.45, 7) is 5.00. The molecule has 0 radical (unpaired) electrons. The molecule has 6 nitrogen and oxygen atoms in total. The maximum atomic E-state index is 12.6. The zero-order valence-electron chi connectivity index (χ0n) is 14.8. The number of ether oxygens (including phenoxy) is 2. The summed E-state index contributed by atoms with van der Waals surface area (Å²) in [6.07, 6.45) is 3.52. The van der Waals surface area contributed by atoms with E-state index >= 15 is 0 Å². The van der Waals surface area contributed by atoms with Crippen LogP contribution in [-0.2, 0) is 16.0 Å². The van der Waals surface area contributed by atoms with Gasteiger partial charge < -0.3 is 19.3 Å². The highest BCUT2D eigenvalue weighted by Crippen LogP contribution is 2.39. The number of fused-ring (bicyclic) bond motifs is 3. The van der Waals surface area contributed by atoms with Gasteiger partial charge in [-0.1, -0.05) is 6.08 Å². The molecule has 1 fully saturated rings. The van der Waals surface area contributed by atoms with Crippen LogP contribution in [0.2, 0.25) is 0 Å². The van der Waals surface area contributed by atoms with Crippen molar-refractivity contribution in [3.63, 3.8) is 0 Å². The SMILES string of the molecule is C=CCCC(=O)N1CC(=O)N2CCc3cc(OC)c(OC)cc3C2C1. The lowest BCUT2D eigenvalue weighted by atomic mass is 9.90. The molecule has 0 saturated carbocycles. The third-order valence-corrected chi connectivity index (χ3v) is 4.96. The van der Waals surface area contributed by atoms with E-state index in [0.29, 0.717) is 37.4 Å². The first-order valence-corrected chi connectivity index (χ1v) is 8.52. The van der Waals surface area contributed by atoms with Crippen LogP contribution in [0.15, 0.2) is 24.8 Å². The molecule has 1 atom stereocenters. The Balaban J connectivity index is 1.91. The molecule has 134 valence electrons. The maximum Gasteiger partial charge on any atom is 0.242 e. The van der Waals surface area contributed by atoms with E-state index in [1.54, 1.807) is 25.2 Å². The minimum absolute atomic E-state index is 0.000463. The lowest BCUT2D eigenvalue weighted by molar-refractivity contribution is -0.149. The van der Waals surface area contributed by atoms with E-state index in [1.165, 1.54) is 0 Å². The number of hydrogen-bond donors (Lipinski definition) is 0. The Kier molecular flexibility index (Phi) is 4.97. The average Bonchev–Trinajstić information content (AvgIpc) is 2.64. The zero-order valence-corrected chi connectivity index (χ0v) is 14.8. The van der Waals surface area contributed by atoms with Gasteiger partial charge >= 0.3 is 0 Å². The average molecular weight is 344 g/mol. The number of allylic oxidation sites excluding steroid dienone is 1. The van der Waals surface area contributed by atoms with E-state index in [-0.39, 0.29) is 24.4 Å². The maximum absolute atomic E-state index is 12.6. The summed E-state index contributed by atoms with van der Waals surface area (Å²) in [7, 11) is 3.21. The molecule has 2 aliphatic rings. The van der Waals surface area contributed by atoms with E-state index in [4.69, 9.17) is 9.47 Å². The van der Waals surface area contributed by atoms with E-state index < -0.39 is 0 Å². The van der Waals surface area contributed by atoms with Gasteiger partial charge in [-0.2, -0.15) is 0 Å². The van der Waals surface area contributed by atoms with E-state index in [0.717, 1.165) is 17.5 Å². The summed E-state index contributed by atoms with van der Waals surface area (Å²) >= 11 is 0. The Labute approximate surface area is 148 Å². The minimum Gasteiger partial charge on any atom is -0.493 e. The molecule has 2 amide bonds. The van der Waals surface area contributed by atoms with Gasteiger partial charge in [0.2, 0.25) is 11.8 Å². The molecule has 0 aliphatic carbocycles. The van der Waals surface area contributed by atoms with Crippen LogP contribution in [0, 0.1) is 0 Å². The first kappa shape index (κ1) is 17.3. The molecule has 1 unspecified atom stereocenters. The van der Waals surface area contributed by atoms with Crippen molar-refractivity contribution < 1.29 is 19.1 Å².